The lowest BCUT2D eigenvalue weighted by atomic mass is 9.95. The maximum absolute atomic E-state index is 12.6. The van der Waals surface area contributed by atoms with Crippen molar-refractivity contribution in [3.63, 3.8) is 0 Å². The Morgan fingerprint density at radius 1 is 1.31 bits per heavy atom. The molecular formula is C20H26N2O4. The second-order valence-electron chi connectivity index (χ2n) is 5.98. The molecule has 1 aromatic rings. The van der Waals surface area contributed by atoms with E-state index in [0.717, 1.165) is 18.4 Å². The monoisotopic (exact) mass is 358 g/mol. The summed E-state index contributed by atoms with van der Waals surface area (Å²) in [7, 11) is 0. The van der Waals surface area contributed by atoms with Crippen molar-refractivity contribution in [2.24, 2.45) is 0 Å². The van der Waals surface area contributed by atoms with E-state index in [4.69, 9.17) is 9.47 Å². The molecule has 26 heavy (non-hydrogen) atoms. The SMILES string of the molecule is C/C=C/COC(=O)C1=C(C)NC(=O)N[C@H]1c1ccccc1OCCCC. The van der Waals surface area contributed by atoms with Crippen LogP contribution in [0.3, 0.4) is 0 Å². The molecule has 1 atom stereocenters. The third kappa shape index (κ3) is 4.88. The number of hydrogen-bond acceptors (Lipinski definition) is 4. The van der Waals surface area contributed by atoms with Crippen LogP contribution in [0.15, 0.2) is 47.7 Å². The van der Waals surface area contributed by atoms with Crippen LogP contribution in [0, 0.1) is 0 Å². The van der Waals surface area contributed by atoms with E-state index < -0.39 is 12.0 Å². The van der Waals surface area contributed by atoms with Gasteiger partial charge in [0.15, 0.2) is 0 Å². The van der Waals surface area contributed by atoms with E-state index in [1.54, 1.807) is 13.0 Å². The molecule has 0 saturated heterocycles. The summed E-state index contributed by atoms with van der Waals surface area (Å²) in [6, 6.07) is 6.43. The van der Waals surface area contributed by atoms with Crippen molar-refractivity contribution in [1.29, 1.82) is 0 Å². The molecule has 0 aliphatic carbocycles. The molecule has 1 aliphatic heterocycles. The van der Waals surface area contributed by atoms with Gasteiger partial charge in [-0.05, 0) is 26.3 Å². The molecule has 0 radical (unpaired) electrons. The van der Waals surface area contributed by atoms with E-state index in [2.05, 4.69) is 17.6 Å². The highest BCUT2D eigenvalue weighted by molar-refractivity contribution is 5.95. The number of carbonyl (C=O) groups is 2. The van der Waals surface area contributed by atoms with Crippen molar-refractivity contribution in [2.75, 3.05) is 13.2 Å². The highest BCUT2D eigenvalue weighted by atomic mass is 16.5. The molecule has 1 heterocycles. The van der Waals surface area contributed by atoms with Crippen LogP contribution in [0.2, 0.25) is 0 Å². The van der Waals surface area contributed by atoms with Gasteiger partial charge in [-0.1, -0.05) is 43.7 Å². The molecule has 140 valence electrons. The summed E-state index contributed by atoms with van der Waals surface area (Å²) < 4.78 is 11.2. The topological polar surface area (TPSA) is 76.7 Å². The zero-order valence-corrected chi connectivity index (χ0v) is 15.5. The molecule has 6 heteroatoms. The first kappa shape index (κ1) is 19.6. The van der Waals surface area contributed by atoms with Crippen molar-refractivity contribution in [3.05, 3.63) is 53.3 Å². The predicted molar refractivity (Wildman–Crippen MR) is 99.7 cm³/mol. The maximum Gasteiger partial charge on any atom is 0.338 e. The molecule has 2 rings (SSSR count). The number of carbonyl (C=O) groups excluding carboxylic acids is 2. The minimum Gasteiger partial charge on any atom is -0.493 e. The largest absolute Gasteiger partial charge is 0.493 e. The minimum atomic E-state index is -0.625. The van der Waals surface area contributed by atoms with E-state index >= 15 is 0 Å². The second kappa shape index (κ2) is 9.65. The van der Waals surface area contributed by atoms with E-state index in [1.165, 1.54) is 0 Å². The van der Waals surface area contributed by atoms with Crippen molar-refractivity contribution in [3.8, 4) is 5.75 Å². The first-order chi connectivity index (χ1) is 12.6. The van der Waals surface area contributed by atoms with Crippen LogP contribution >= 0.6 is 0 Å². The van der Waals surface area contributed by atoms with E-state index in [0.29, 0.717) is 23.6 Å². The minimum absolute atomic E-state index is 0.182. The summed E-state index contributed by atoms with van der Waals surface area (Å²) >= 11 is 0. The maximum atomic E-state index is 12.6. The molecule has 1 aromatic carbocycles. The quantitative estimate of drug-likeness (QED) is 0.423. The molecule has 0 aromatic heterocycles. The Morgan fingerprint density at radius 3 is 2.81 bits per heavy atom. The lowest BCUT2D eigenvalue weighted by Crippen LogP contribution is -2.45. The Kier molecular flexibility index (Phi) is 7.26. The number of rotatable bonds is 8. The molecule has 0 saturated carbocycles. The summed E-state index contributed by atoms with van der Waals surface area (Å²) in [6.45, 7) is 6.40. The third-order valence-electron chi connectivity index (χ3n) is 4.02. The van der Waals surface area contributed by atoms with Gasteiger partial charge in [0, 0.05) is 11.3 Å². The molecule has 0 unspecified atom stereocenters. The molecular weight excluding hydrogens is 332 g/mol. The van der Waals surface area contributed by atoms with Crippen LogP contribution in [0.4, 0.5) is 4.79 Å². The van der Waals surface area contributed by atoms with Gasteiger partial charge in [-0.25, -0.2) is 9.59 Å². The number of amides is 2. The Balaban J connectivity index is 2.34. The number of ether oxygens (including phenoxy) is 2. The van der Waals surface area contributed by atoms with Gasteiger partial charge in [-0.3, -0.25) is 0 Å². The van der Waals surface area contributed by atoms with Crippen LogP contribution < -0.4 is 15.4 Å². The molecule has 0 fully saturated rings. The lowest BCUT2D eigenvalue weighted by Gasteiger charge is -2.29. The van der Waals surface area contributed by atoms with Gasteiger partial charge in [-0.15, -0.1) is 0 Å². The number of benzene rings is 1. The molecule has 6 nitrogen and oxygen atoms in total. The number of hydrogen-bond donors (Lipinski definition) is 2. The summed E-state index contributed by atoms with van der Waals surface area (Å²) in [6.07, 6.45) is 5.51. The van der Waals surface area contributed by atoms with E-state index in [1.807, 2.05) is 37.3 Å². The fourth-order valence-electron chi connectivity index (χ4n) is 2.67. The Morgan fingerprint density at radius 2 is 2.08 bits per heavy atom. The fraction of sp³-hybridized carbons (Fsp3) is 0.400. The fourth-order valence-corrected chi connectivity index (χ4v) is 2.67. The number of urea groups is 1. The first-order valence-corrected chi connectivity index (χ1v) is 8.86. The molecule has 1 aliphatic rings. The normalized spacial score (nSPS) is 17.0. The van der Waals surface area contributed by atoms with Gasteiger partial charge in [0.05, 0.1) is 18.2 Å². The van der Waals surface area contributed by atoms with Gasteiger partial charge >= 0.3 is 12.0 Å². The van der Waals surface area contributed by atoms with Crippen LogP contribution in [0.1, 0.15) is 45.2 Å². The Labute approximate surface area is 154 Å². The average molecular weight is 358 g/mol. The van der Waals surface area contributed by atoms with Crippen LogP contribution in [0.25, 0.3) is 0 Å². The summed E-state index contributed by atoms with van der Waals surface area (Å²) in [5.74, 6) is 0.182. The van der Waals surface area contributed by atoms with Crippen molar-refractivity contribution >= 4 is 12.0 Å². The summed E-state index contributed by atoms with van der Waals surface area (Å²) in [5.41, 5.74) is 1.59. The smallest absolute Gasteiger partial charge is 0.338 e. The lowest BCUT2D eigenvalue weighted by molar-refractivity contribution is -0.138. The van der Waals surface area contributed by atoms with Gasteiger partial charge < -0.3 is 20.1 Å². The third-order valence-corrected chi connectivity index (χ3v) is 4.02. The average Bonchev–Trinajstić information content (AvgIpc) is 2.62. The van der Waals surface area contributed by atoms with Gasteiger partial charge in [0.2, 0.25) is 0 Å². The zero-order chi connectivity index (χ0) is 18.9. The van der Waals surface area contributed by atoms with E-state index in [9.17, 15) is 9.59 Å². The number of esters is 1. The first-order valence-electron chi connectivity index (χ1n) is 8.86. The van der Waals surface area contributed by atoms with Crippen molar-refractivity contribution in [2.45, 2.75) is 39.7 Å². The number of unbranched alkanes of at least 4 members (excludes halogenated alkanes) is 1. The summed E-state index contributed by atoms with van der Waals surface area (Å²) in [4.78, 5) is 24.6. The van der Waals surface area contributed by atoms with E-state index in [-0.39, 0.29) is 12.6 Å². The van der Waals surface area contributed by atoms with Crippen molar-refractivity contribution < 1.29 is 19.1 Å². The van der Waals surface area contributed by atoms with Gasteiger partial charge in [0.25, 0.3) is 0 Å². The van der Waals surface area contributed by atoms with Crippen LogP contribution in [0.5, 0.6) is 5.75 Å². The van der Waals surface area contributed by atoms with Gasteiger partial charge in [-0.2, -0.15) is 0 Å². The molecule has 2 N–H and O–H groups in total. The Hall–Kier alpha value is -2.76. The number of allylic oxidation sites excluding steroid dienone is 2. The number of para-hydroxylation sites is 1. The highest BCUT2D eigenvalue weighted by Crippen LogP contribution is 2.33. The highest BCUT2D eigenvalue weighted by Gasteiger charge is 2.33. The van der Waals surface area contributed by atoms with Crippen molar-refractivity contribution in [1.82, 2.24) is 10.6 Å². The number of nitrogens with one attached hydrogen (secondary N) is 2. The second-order valence-corrected chi connectivity index (χ2v) is 5.98. The van der Waals surface area contributed by atoms with Crippen LogP contribution in [-0.2, 0) is 9.53 Å². The Bertz CT molecular complexity index is 710. The van der Waals surface area contributed by atoms with Gasteiger partial charge in [0.1, 0.15) is 12.4 Å². The zero-order valence-electron chi connectivity index (χ0n) is 15.5. The van der Waals surface area contributed by atoms with Crippen LogP contribution in [-0.4, -0.2) is 25.2 Å². The predicted octanol–water partition coefficient (Wildman–Crippen LogP) is 3.61. The standard InChI is InChI=1S/C20H26N2O4/c1-4-6-12-25-16-11-9-8-10-15(16)18-17(14(3)21-20(24)22-18)19(23)26-13-7-5-2/h5,7-11,18H,4,6,12-13H2,1-3H3,(H2,21,22,24)/b7-5+/t18-/m0/s1. The molecule has 0 spiro atoms. The molecule has 0 bridgehead atoms. The molecule has 2 amide bonds. The summed E-state index contributed by atoms with van der Waals surface area (Å²) in [5, 5.41) is 5.45.